The van der Waals surface area contributed by atoms with Gasteiger partial charge in [0.05, 0.1) is 12.1 Å². The predicted octanol–water partition coefficient (Wildman–Crippen LogP) is 2.32. The Morgan fingerprint density at radius 1 is 1.11 bits per heavy atom. The monoisotopic (exact) mass is 243 g/mol. The lowest BCUT2D eigenvalue weighted by Crippen LogP contribution is -2.42. The highest BCUT2D eigenvalue weighted by Gasteiger charge is 2.28. The van der Waals surface area contributed by atoms with Gasteiger partial charge >= 0.3 is 0 Å². The van der Waals surface area contributed by atoms with E-state index in [2.05, 4.69) is 17.2 Å². The van der Waals surface area contributed by atoms with Gasteiger partial charge in [0.25, 0.3) is 0 Å². The number of hydrogen-bond acceptors (Lipinski definition) is 2. The Morgan fingerprint density at radius 3 is 2.56 bits per heavy atom. The Kier molecular flexibility index (Phi) is 4.81. The van der Waals surface area contributed by atoms with Gasteiger partial charge in [-0.05, 0) is 25.0 Å². The van der Waals surface area contributed by atoms with Crippen molar-refractivity contribution in [1.29, 1.82) is 0 Å². The van der Waals surface area contributed by atoms with Crippen molar-refractivity contribution in [3.05, 3.63) is 35.9 Å². The summed E-state index contributed by atoms with van der Waals surface area (Å²) in [6, 6.07) is 9.97. The molecule has 0 atom stereocenters. The van der Waals surface area contributed by atoms with Crippen LogP contribution in [0.1, 0.15) is 37.7 Å². The number of benzene rings is 1. The largest absolute Gasteiger partial charge is 0.389 e. The quantitative estimate of drug-likeness (QED) is 0.631. The summed E-state index contributed by atoms with van der Waals surface area (Å²) in [5, 5.41) is 13.5. The summed E-state index contributed by atoms with van der Waals surface area (Å²) in [6.45, 7) is 1.30. The molecule has 0 aromatic heterocycles. The lowest BCUT2D eigenvalue weighted by molar-refractivity contribution is 0.00586. The number of hydrogen-bond donors (Lipinski definition) is 2. The summed E-state index contributed by atoms with van der Waals surface area (Å²) in [5.74, 6) is 6.19. The van der Waals surface area contributed by atoms with E-state index in [9.17, 15) is 5.11 Å². The normalized spacial score (nSPS) is 17.8. The van der Waals surface area contributed by atoms with Crippen LogP contribution in [0.25, 0.3) is 0 Å². The van der Waals surface area contributed by atoms with Gasteiger partial charge in [0.2, 0.25) is 0 Å². The molecule has 1 aliphatic rings. The van der Waals surface area contributed by atoms with Gasteiger partial charge in [0, 0.05) is 12.1 Å². The highest BCUT2D eigenvalue weighted by atomic mass is 16.3. The molecule has 1 saturated carbocycles. The highest BCUT2D eigenvalue weighted by Crippen LogP contribution is 2.27. The van der Waals surface area contributed by atoms with Crippen LogP contribution in [0.2, 0.25) is 0 Å². The maximum Gasteiger partial charge on any atom is 0.0771 e. The van der Waals surface area contributed by atoms with Crippen LogP contribution in [0.3, 0.4) is 0 Å². The molecule has 1 aromatic carbocycles. The molecule has 0 amide bonds. The Morgan fingerprint density at radius 2 is 1.83 bits per heavy atom. The van der Waals surface area contributed by atoms with E-state index in [1.54, 1.807) is 0 Å². The van der Waals surface area contributed by atoms with Crippen molar-refractivity contribution >= 4 is 0 Å². The van der Waals surface area contributed by atoms with Crippen LogP contribution in [0.4, 0.5) is 0 Å². The second-order valence-electron chi connectivity index (χ2n) is 5.06. The third kappa shape index (κ3) is 4.18. The summed E-state index contributed by atoms with van der Waals surface area (Å²) in [7, 11) is 0. The Labute approximate surface area is 109 Å². The number of aliphatic hydroxyl groups is 1. The van der Waals surface area contributed by atoms with Crippen molar-refractivity contribution in [3.63, 3.8) is 0 Å². The van der Waals surface area contributed by atoms with Crippen LogP contribution >= 0.6 is 0 Å². The van der Waals surface area contributed by atoms with Crippen molar-refractivity contribution in [2.24, 2.45) is 0 Å². The molecule has 2 N–H and O–H groups in total. The van der Waals surface area contributed by atoms with E-state index in [-0.39, 0.29) is 0 Å². The van der Waals surface area contributed by atoms with Gasteiger partial charge in [-0.15, -0.1) is 0 Å². The van der Waals surface area contributed by atoms with Gasteiger partial charge < -0.3 is 10.4 Å². The van der Waals surface area contributed by atoms with E-state index >= 15 is 0 Å². The molecule has 0 unspecified atom stereocenters. The zero-order valence-electron chi connectivity index (χ0n) is 10.8. The van der Waals surface area contributed by atoms with Crippen molar-refractivity contribution in [2.45, 2.75) is 37.7 Å². The van der Waals surface area contributed by atoms with E-state index in [4.69, 9.17) is 0 Å². The average Bonchev–Trinajstić information content (AvgIpc) is 2.40. The molecule has 0 spiro atoms. The van der Waals surface area contributed by atoms with Crippen molar-refractivity contribution in [1.82, 2.24) is 5.32 Å². The molecule has 0 radical (unpaired) electrons. The third-order valence-electron chi connectivity index (χ3n) is 3.46. The van der Waals surface area contributed by atoms with Crippen LogP contribution in [0, 0.1) is 11.8 Å². The second-order valence-corrected chi connectivity index (χ2v) is 5.06. The summed E-state index contributed by atoms with van der Waals surface area (Å²) < 4.78 is 0. The maximum absolute atomic E-state index is 10.3. The molecule has 96 valence electrons. The summed E-state index contributed by atoms with van der Waals surface area (Å²) in [5.41, 5.74) is 0.544. The minimum atomic E-state index is -0.493. The predicted molar refractivity (Wildman–Crippen MR) is 74.2 cm³/mol. The smallest absolute Gasteiger partial charge is 0.0771 e. The first-order valence-electron chi connectivity index (χ1n) is 6.76. The lowest BCUT2D eigenvalue weighted by Gasteiger charge is -2.31. The Balaban J connectivity index is 1.71. The zero-order valence-corrected chi connectivity index (χ0v) is 10.8. The second kappa shape index (κ2) is 6.58. The molecule has 0 bridgehead atoms. The maximum atomic E-state index is 10.3. The van der Waals surface area contributed by atoms with Crippen LogP contribution in [-0.2, 0) is 0 Å². The summed E-state index contributed by atoms with van der Waals surface area (Å²) in [4.78, 5) is 0. The van der Waals surface area contributed by atoms with E-state index in [0.717, 1.165) is 31.2 Å². The molecule has 18 heavy (non-hydrogen) atoms. The third-order valence-corrected chi connectivity index (χ3v) is 3.46. The molecular formula is C16H21NO. The molecular weight excluding hydrogens is 222 g/mol. The Bertz CT molecular complexity index is 410. The minimum absolute atomic E-state index is 0.493. The fraction of sp³-hybridized carbons (Fsp3) is 0.500. The molecule has 2 nitrogen and oxygen atoms in total. The van der Waals surface area contributed by atoms with Gasteiger partial charge in [0.1, 0.15) is 0 Å². The molecule has 0 heterocycles. The first-order chi connectivity index (χ1) is 8.79. The number of nitrogens with one attached hydrogen (secondary N) is 1. The van der Waals surface area contributed by atoms with E-state index in [0.29, 0.717) is 13.1 Å². The van der Waals surface area contributed by atoms with Crippen molar-refractivity contribution in [2.75, 3.05) is 13.1 Å². The first kappa shape index (κ1) is 13.1. The lowest BCUT2D eigenvalue weighted by atomic mass is 9.85. The zero-order chi connectivity index (χ0) is 12.7. The number of rotatable bonds is 3. The van der Waals surface area contributed by atoms with Gasteiger partial charge in [-0.1, -0.05) is 49.3 Å². The molecule has 1 aliphatic carbocycles. The SMILES string of the molecule is OC1(CNCC#Cc2ccccc2)CCCCC1. The molecule has 1 fully saturated rings. The molecule has 1 aromatic rings. The summed E-state index contributed by atoms with van der Waals surface area (Å²) >= 11 is 0. The van der Waals surface area contributed by atoms with Crippen molar-refractivity contribution < 1.29 is 5.11 Å². The van der Waals surface area contributed by atoms with E-state index < -0.39 is 5.60 Å². The molecule has 2 heteroatoms. The fourth-order valence-corrected chi connectivity index (χ4v) is 2.41. The van der Waals surface area contributed by atoms with Crippen LogP contribution < -0.4 is 5.32 Å². The summed E-state index contributed by atoms with van der Waals surface area (Å²) in [6.07, 6.45) is 5.40. The van der Waals surface area contributed by atoms with Gasteiger partial charge in [-0.25, -0.2) is 0 Å². The molecule has 0 aliphatic heterocycles. The average molecular weight is 243 g/mol. The van der Waals surface area contributed by atoms with Gasteiger partial charge in [-0.2, -0.15) is 0 Å². The van der Waals surface area contributed by atoms with Crippen LogP contribution in [-0.4, -0.2) is 23.8 Å². The molecule has 2 rings (SSSR count). The Hall–Kier alpha value is -1.30. The minimum Gasteiger partial charge on any atom is -0.389 e. The highest BCUT2D eigenvalue weighted by molar-refractivity contribution is 5.33. The topological polar surface area (TPSA) is 32.3 Å². The van der Waals surface area contributed by atoms with E-state index in [1.165, 1.54) is 6.42 Å². The fourth-order valence-electron chi connectivity index (χ4n) is 2.41. The molecule has 0 saturated heterocycles. The van der Waals surface area contributed by atoms with Gasteiger partial charge in [0.15, 0.2) is 0 Å². The van der Waals surface area contributed by atoms with Crippen LogP contribution in [0.15, 0.2) is 30.3 Å². The van der Waals surface area contributed by atoms with Gasteiger partial charge in [-0.3, -0.25) is 0 Å². The van der Waals surface area contributed by atoms with Crippen LogP contribution in [0.5, 0.6) is 0 Å². The standard InChI is InChI=1S/C16H21NO/c18-16(11-5-2-6-12-16)14-17-13-7-10-15-8-3-1-4-9-15/h1,3-4,8-9,17-18H,2,5-6,11-14H2. The van der Waals surface area contributed by atoms with Crippen molar-refractivity contribution in [3.8, 4) is 11.8 Å². The first-order valence-corrected chi connectivity index (χ1v) is 6.76. The van der Waals surface area contributed by atoms with E-state index in [1.807, 2.05) is 30.3 Å².